The second kappa shape index (κ2) is 10.1. The third kappa shape index (κ3) is 5.35. The fourth-order valence-corrected chi connectivity index (χ4v) is 5.34. The molecule has 33 heavy (non-hydrogen) atoms. The van der Waals surface area contributed by atoms with Crippen LogP contribution in [0.5, 0.6) is 0 Å². The number of aryl methyl sites for hydroxylation is 2. The molecule has 3 aromatic heterocycles. The Hall–Kier alpha value is -3.35. The van der Waals surface area contributed by atoms with Gasteiger partial charge < -0.3 is 4.42 Å². The van der Waals surface area contributed by atoms with E-state index in [9.17, 15) is 13.6 Å². The lowest BCUT2D eigenvalue weighted by Gasteiger charge is -1.98. The molecule has 0 aliphatic carbocycles. The Morgan fingerprint density at radius 2 is 1.39 bits per heavy atom. The van der Waals surface area contributed by atoms with E-state index in [1.165, 1.54) is 52.3 Å². The van der Waals surface area contributed by atoms with Crippen molar-refractivity contribution in [2.75, 3.05) is 0 Å². The first-order valence-electron chi connectivity index (χ1n) is 10.2. The molecule has 0 aliphatic rings. The normalized spacial score (nSPS) is 10.5. The van der Waals surface area contributed by atoms with Crippen molar-refractivity contribution in [1.82, 2.24) is 0 Å². The molecule has 0 aliphatic heterocycles. The van der Waals surface area contributed by atoms with Crippen molar-refractivity contribution in [2.24, 2.45) is 0 Å². The van der Waals surface area contributed by atoms with Gasteiger partial charge in [-0.25, -0.2) is 8.78 Å². The maximum atomic E-state index is 13.0. The fourth-order valence-electron chi connectivity index (χ4n) is 3.28. The lowest BCUT2D eigenvalue weighted by atomic mass is 10.1. The minimum Gasteiger partial charge on any atom is -0.461 e. The summed E-state index contributed by atoms with van der Waals surface area (Å²) >= 11 is 3.08. The number of furan rings is 1. The van der Waals surface area contributed by atoms with Gasteiger partial charge in [0.2, 0.25) is 5.78 Å². The topological polar surface area (TPSA) is 30.2 Å². The van der Waals surface area contributed by atoms with Crippen LogP contribution in [0.2, 0.25) is 0 Å². The molecule has 0 amide bonds. The lowest BCUT2D eigenvalue weighted by Crippen LogP contribution is -1.95. The maximum Gasteiger partial charge on any atom is 0.238 e. The summed E-state index contributed by atoms with van der Waals surface area (Å²) in [7, 11) is 0. The standard InChI is InChI=1S/C16H11FO2S.C11H9FS/c1-10-9-14(15(18)13-3-2-8-19-13)20-16(10)11-4-6-12(17)7-5-11;1-8-6-7-13-11(8)9-2-4-10(12)5-3-9/h2-9H,1H3;2-7H,1H3. The second-order valence-electron chi connectivity index (χ2n) is 7.38. The zero-order valence-corrected chi connectivity index (χ0v) is 19.6. The fraction of sp³-hybridized carbons (Fsp3) is 0.0741. The van der Waals surface area contributed by atoms with Gasteiger partial charge in [-0.15, -0.1) is 22.7 Å². The van der Waals surface area contributed by atoms with Crippen LogP contribution in [0, 0.1) is 25.5 Å². The summed E-state index contributed by atoms with van der Waals surface area (Å²) in [6.45, 7) is 4.00. The molecule has 3 heterocycles. The van der Waals surface area contributed by atoms with Crippen molar-refractivity contribution in [3.8, 4) is 20.9 Å². The second-order valence-corrected chi connectivity index (χ2v) is 9.34. The number of rotatable bonds is 4. The van der Waals surface area contributed by atoms with Crippen LogP contribution in [-0.4, -0.2) is 5.78 Å². The smallest absolute Gasteiger partial charge is 0.238 e. The molecule has 0 radical (unpaired) electrons. The van der Waals surface area contributed by atoms with Crippen molar-refractivity contribution in [1.29, 1.82) is 0 Å². The van der Waals surface area contributed by atoms with Gasteiger partial charge in [0.05, 0.1) is 11.1 Å². The summed E-state index contributed by atoms with van der Waals surface area (Å²) < 4.78 is 30.7. The zero-order valence-electron chi connectivity index (χ0n) is 18.0. The SMILES string of the molecule is Cc1cc(C(=O)c2ccco2)sc1-c1ccc(F)cc1.Cc1ccsc1-c1ccc(F)cc1. The van der Waals surface area contributed by atoms with Crippen LogP contribution >= 0.6 is 22.7 Å². The first-order chi connectivity index (χ1) is 15.9. The third-order valence-electron chi connectivity index (χ3n) is 4.96. The van der Waals surface area contributed by atoms with E-state index in [-0.39, 0.29) is 17.4 Å². The van der Waals surface area contributed by atoms with Crippen molar-refractivity contribution < 1.29 is 18.0 Å². The Morgan fingerprint density at radius 1 is 0.788 bits per heavy atom. The Bertz CT molecular complexity index is 1350. The van der Waals surface area contributed by atoms with E-state index < -0.39 is 0 Å². The van der Waals surface area contributed by atoms with E-state index in [4.69, 9.17) is 4.42 Å². The largest absolute Gasteiger partial charge is 0.461 e. The molecule has 0 spiro atoms. The zero-order chi connectivity index (χ0) is 23.4. The molecule has 5 aromatic rings. The minimum absolute atomic E-state index is 0.128. The van der Waals surface area contributed by atoms with E-state index in [0.29, 0.717) is 10.6 Å². The van der Waals surface area contributed by atoms with Crippen LogP contribution in [0.4, 0.5) is 8.78 Å². The average Bonchev–Trinajstić information content (AvgIpc) is 3.57. The molecule has 0 fully saturated rings. The van der Waals surface area contributed by atoms with E-state index >= 15 is 0 Å². The third-order valence-corrected chi connectivity index (χ3v) is 7.31. The summed E-state index contributed by atoms with van der Waals surface area (Å²) in [4.78, 5) is 15.0. The summed E-state index contributed by atoms with van der Waals surface area (Å²) in [5.74, 6) is -0.249. The number of benzene rings is 2. The predicted molar refractivity (Wildman–Crippen MR) is 131 cm³/mol. The van der Waals surface area contributed by atoms with Crippen molar-refractivity contribution in [3.05, 3.63) is 118 Å². The van der Waals surface area contributed by atoms with Crippen molar-refractivity contribution in [2.45, 2.75) is 13.8 Å². The quantitative estimate of drug-likeness (QED) is 0.242. The van der Waals surface area contributed by atoms with Crippen molar-refractivity contribution >= 4 is 28.5 Å². The molecule has 0 saturated carbocycles. The van der Waals surface area contributed by atoms with Crippen molar-refractivity contribution in [3.63, 3.8) is 0 Å². The number of hydrogen-bond acceptors (Lipinski definition) is 4. The highest BCUT2D eigenvalue weighted by Gasteiger charge is 2.17. The molecule has 166 valence electrons. The number of thiophene rings is 2. The molecular formula is C27H20F2O2S2. The maximum absolute atomic E-state index is 13.0. The number of carbonyl (C=O) groups is 1. The number of halogens is 2. The Kier molecular flexibility index (Phi) is 6.96. The number of ketones is 1. The lowest BCUT2D eigenvalue weighted by molar-refractivity contribution is 0.101. The highest BCUT2D eigenvalue weighted by molar-refractivity contribution is 7.17. The van der Waals surface area contributed by atoms with Crippen LogP contribution in [-0.2, 0) is 0 Å². The van der Waals surface area contributed by atoms with Crippen LogP contribution in [0.3, 0.4) is 0 Å². The number of hydrogen-bond donors (Lipinski definition) is 0. The van der Waals surface area contributed by atoms with E-state index in [2.05, 4.69) is 13.0 Å². The molecule has 2 aromatic carbocycles. The molecule has 0 bridgehead atoms. The van der Waals surface area contributed by atoms with E-state index in [0.717, 1.165) is 21.6 Å². The highest BCUT2D eigenvalue weighted by Crippen LogP contribution is 2.33. The van der Waals surface area contributed by atoms with Gasteiger partial charge in [0.15, 0.2) is 5.76 Å². The Labute approximate surface area is 198 Å². The molecule has 0 atom stereocenters. The molecule has 0 saturated heterocycles. The molecule has 5 rings (SSSR count). The van der Waals surface area contributed by atoms with Gasteiger partial charge in [-0.3, -0.25) is 4.79 Å². The van der Waals surface area contributed by atoms with Gasteiger partial charge in [-0.05, 0) is 90.0 Å². The first-order valence-corrected chi connectivity index (χ1v) is 11.9. The van der Waals surface area contributed by atoms with Crippen LogP contribution < -0.4 is 0 Å². The average molecular weight is 479 g/mol. The van der Waals surface area contributed by atoms with E-state index in [1.807, 2.05) is 30.5 Å². The van der Waals surface area contributed by atoms with Crippen LogP contribution in [0.25, 0.3) is 20.9 Å². The Balaban J connectivity index is 0.000000172. The van der Waals surface area contributed by atoms with Gasteiger partial charge in [-0.1, -0.05) is 24.3 Å². The van der Waals surface area contributed by atoms with Gasteiger partial charge >= 0.3 is 0 Å². The first kappa shape index (κ1) is 22.8. The summed E-state index contributed by atoms with van der Waals surface area (Å²) in [5, 5.41) is 2.05. The van der Waals surface area contributed by atoms with E-state index in [1.54, 1.807) is 35.6 Å². The monoisotopic (exact) mass is 478 g/mol. The molecule has 0 unspecified atom stereocenters. The highest BCUT2D eigenvalue weighted by atomic mass is 32.1. The van der Waals surface area contributed by atoms with Crippen LogP contribution in [0.15, 0.2) is 88.9 Å². The molecular weight excluding hydrogens is 458 g/mol. The summed E-state index contributed by atoms with van der Waals surface area (Å²) in [6.07, 6.45) is 1.48. The summed E-state index contributed by atoms with van der Waals surface area (Å²) in [6, 6.07) is 20.1. The molecule has 6 heteroatoms. The molecule has 0 N–H and O–H groups in total. The minimum atomic E-state index is -0.269. The van der Waals surface area contributed by atoms with Gasteiger partial charge in [0.1, 0.15) is 11.6 Å². The van der Waals surface area contributed by atoms with Crippen LogP contribution in [0.1, 0.15) is 26.6 Å². The number of carbonyl (C=O) groups excluding carboxylic acids is 1. The molecule has 2 nitrogen and oxygen atoms in total. The Morgan fingerprint density at radius 3 is 1.91 bits per heavy atom. The predicted octanol–water partition coefficient (Wildman–Crippen LogP) is 8.55. The van der Waals surface area contributed by atoms with Gasteiger partial charge in [0.25, 0.3) is 0 Å². The van der Waals surface area contributed by atoms with Gasteiger partial charge in [-0.2, -0.15) is 0 Å². The van der Waals surface area contributed by atoms with Gasteiger partial charge in [0, 0.05) is 9.75 Å². The summed E-state index contributed by atoms with van der Waals surface area (Å²) in [5.41, 5.74) is 4.24.